The molecule has 0 aromatic heterocycles. The van der Waals surface area contributed by atoms with Gasteiger partial charge >= 0.3 is 23.9 Å². The Morgan fingerprint density at radius 1 is 1.38 bits per heavy atom. The summed E-state index contributed by atoms with van der Waals surface area (Å²) in [5.74, 6) is -3.16. The maximum absolute atomic E-state index is 11.9. The number of primary amides is 1. The highest BCUT2D eigenvalue weighted by atomic mass is 35.5. The van der Waals surface area contributed by atoms with Gasteiger partial charge in [0.1, 0.15) is 6.04 Å². The van der Waals surface area contributed by atoms with Crippen molar-refractivity contribution in [3.63, 3.8) is 0 Å². The third kappa shape index (κ3) is 4.73. The fourth-order valence-corrected chi connectivity index (χ4v) is 1.56. The molecule has 1 aliphatic rings. The van der Waals surface area contributed by atoms with E-state index in [-0.39, 0.29) is 29.7 Å². The summed E-state index contributed by atoms with van der Waals surface area (Å²) in [4.78, 5) is 34.4. The minimum Gasteiger partial charge on any atom is -1.00 e. The van der Waals surface area contributed by atoms with Gasteiger partial charge < -0.3 is 38.1 Å². The van der Waals surface area contributed by atoms with Gasteiger partial charge in [-0.2, -0.15) is 0 Å². The Labute approximate surface area is 128 Å². The summed E-state index contributed by atoms with van der Waals surface area (Å²) in [5.41, 5.74) is 10.5. The number of esters is 2. The lowest BCUT2D eigenvalue weighted by Gasteiger charge is -2.42. The van der Waals surface area contributed by atoms with Crippen molar-refractivity contribution in [2.24, 2.45) is 11.5 Å². The van der Waals surface area contributed by atoms with E-state index in [0.717, 1.165) is 0 Å². The number of halogens is 1. The monoisotopic (exact) mass is 325 g/mol. The van der Waals surface area contributed by atoms with Gasteiger partial charge in [-0.05, 0) is 6.42 Å². The number of cyclic esters (lactones) is 2. The molecule has 0 aromatic rings. The van der Waals surface area contributed by atoms with Crippen molar-refractivity contribution in [1.82, 2.24) is 0 Å². The molecule has 1 amide bonds. The zero-order valence-electron chi connectivity index (χ0n) is 12.1. The number of carbonyl (C=O) groups is 3. The van der Waals surface area contributed by atoms with E-state index in [4.69, 9.17) is 20.9 Å². The highest BCUT2D eigenvalue weighted by Gasteiger charge is 2.54. The summed E-state index contributed by atoms with van der Waals surface area (Å²) in [6, 6.07) is -0.942. The lowest BCUT2D eigenvalue weighted by atomic mass is 10.1. The van der Waals surface area contributed by atoms with Crippen LogP contribution in [0.4, 0.5) is 4.79 Å². The molecule has 1 heterocycles. The van der Waals surface area contributed by atoms with Crippen molar-refractivity contribution in [2.45, 2.75) is 24.8 Å². The van der Waals surface area contributed by atoms with Crippen LogP contribution >= 0.6 is 0 Å². The third-order valence-electron chi connectivity index (χ3n) is 2.91. The number of hydrogen-bond acceptors (Lipinski definition) is 7. The summed E-state index contributed by atoms with van der Waals surface area (Å²) in [5, 5.41) is 0. The second kappa shape index (κ2) is 6.92. The van der Waals surface area contributed by atoms with Crippen molar-refractivity contribution >= 4 is 18.0 Å². The number of amides is 1. The van der Waals surface area contributed by atoms with Gasteiger partial charge in [0, 0.05) is 6.42 Å². The quantitative estimate of drug-likeness (QED) is 0.396. The van der Waals surface area contributed by atoms with Crippen LogP contribution in [-0.4, -0.2) is 62.2 Å². The van der Waals surface area contributed by atoms with Crippen LogP contribution in [0.2, 0.25) is 0 Å². The molecule has 0 bridgehead atoms. The van der Waals surface area contributed by atoms with Crippen LogP contribution in [0, 0.1) is 0 Å². The Morgan fingerprint density at radius 2 is 1.95 bits per heavy atom. The molecule has 0 aromatic carbocycles. The first-order chi connectivity index (χ1) is 9.07. The molecule has 1 aliphatic heterocycles. The second-order valence-corrected chi connectivity index (χ2v) is 5.37. The van der Waals surface area contributed by atoms with Crippen LogP contribution in [0.1, 0.15) is 12.8 Å². The van der Waals surface area contributed by atoms with E-state index in [2.05, 4.69) is 4.74 Å². The normalized spacial score (nSPS) is 26.6. The van der Waals surface area contributed by atoms with Crippen molar-refractivity contribution < 1.29 is 45.5 Å². The molecule has 2 atom stereocenters. The van der Waals surface area contributed by atoms with Crippen LogP contribution in [0.25, 0.3) is 0 Å². The summed E-state index contributed by atoms with van der Waals surface area (Å²) in [7, 11) is 4.83. The van der Waals surface area contributed by atoms with Gasteiger partial charge in [-0.25, -0.2) is 4.79 Å². The average molecular weight is 326 g/mol. The Hall–Kier alpha value is -1.58. The Morgan fingerprint density at radius 3 is 2.43 bits per heavy atom. The van der Waals surface area contributed by atoms with E-state index in [1.807, 2.05) is 0 Å². The molecule has 0 radical (unpaired) electrons. The van der Waals surface area contributed by atoms with E-state index >= 15 is 0 Å². The minimum atomic E-state index is -1.82. The number of carbonyl (C=O) groups excluding carboxylic acids is 3. The second-order valence-electron chi connectivity index (χ2n) is 5.37. The number of rotatable bonds is 3. The van der Waals surface area contributed by atoms with E-state index in [0.29, 0.717) is 0 Å². The van der Waals surface area contributed by atoms with E-state index < -0.39 is 36.6 Å². The zero-order chi connectivity index (χ0) is 15.6. The summed E-state index contributed by atoms with van der Waals surface area (Å²) < 4.78 is 15.0. The van der Waals surface area contributed by atoms with Crippen molar-refractivity contribution in [2.75, 3.05) is 27.7 Å². The molecular weight excluding hydrogens is 306 g/mol. The molecule has 9 nitrogen and oxygen atoms in total. The molecule has 122 valence electrons. The van der Waals surface area contributed by atoms with Crippen LogP contribution in [0.5, 0.6) is 0 Å². The van der Waals surface area contributed by atoms with Gasteiger partial charge in [0.25, 0.3) is 0 Å². The first kappa shape index (κ1) is 19.4. The zero-order valence-corrected chi connectivity index (χ0v) is 12.9. The molecule has 0 saturated carbocycles. The predicted octanol–water partition coefficient (Wildman–Crippen LogP) is -4.35. The fourth-order valence-electron chi connectivity index (χ4n) is 1.56. The summed E-state index contributed by atoms with van der Waals surface area (Å²) in [6.45, 7) is -0.518. The van der Waals surface area contributed by atoms with Gasteiger partial charge in [-0.3, -0.25) is 14.1 Å². The van der Waals surface area contributed by atoms with Gasteiger partial charge in [0.15, 0.2) is 0 Å². The van der Waals surface area contributed by atoms with Crippen LogP contribution in [-0.2, 0) is 23.8 Å². The summed E-state index contributed by atoms with van der Waals surface area (Å²) in [6.07, 6.45) is -0.979. The maximum Gasteiger partial charge on any atom is 0.443 e. The number of nitrogens with two attached hydrogens (primary N) is 2. The van der Waals surface area contributed by atoms with Crippen LogP contribution in [0.15, 0.2) is 0 Å². The molecular formula is C11H20ClN3O6. The number of hydrogen-bond donors (Lipinski definition) is 2. The Kier molecular flexibility index (Phi) is 6.40. The lowest BCUT2D eigenvalue weighted by molar-refractivity contribution is -0.974. The molecule has 1 fully saturated rings. The number of ether oxygens (including phenoxy) is 3. The molecule has 0 spiro atoms. The maximum atomic E-state index is 11.9. The third-order valence-corrected chi connectivity index (χ3v) is 2.91. The number of likely N-dealkylation sites (N-methyl/N-ethyl adjacent to an activating group) is 1. The van der Waals surface area contributed by atoms with Gasteiger partial charge in [-0.15, -0.1) is 0 Å². The summed E-state index contributed by atoms with van der Waals surface area (Å²) >= 11 is 0. The van der Waals surface area contributed by atoms with Gasteiger partial charge in [0.05, 0.1) is 21.1 Å². The molecule has 10 heteroatoms. The van der Waals surface area contributed by atoms with Crippen molar-refractivity contribution in [3.8, 4) is 0 Å². The average Bonchev–Trinajstić information content (AvgIpc) is 2.30. The molecule has 21 heavy (non-hydrogen) atoms. The molecule has 1 rings (SSSR count). The largest absolute Gasteiger partial charge is 1.00 e. The van der Waals surface area contributed by atoms with E-state index in [9.17, 15) is 14.4 Å². The molecule has 1 unspecified atom stereocenters. The molecule has 1 saturated heterocycles. The van der Waals surface area contributed by atoms with Crippen molar-refractivity contribution in [1.29, 1.82) is 0 Å². The van der Waals surface area contributed by atoms with Gasteiger partial charge in [-0.1, -0.05) is 0 Å². The Bertz CT molecular complexity index is 425. The van der Waals surface area contributed by atoms with E-state index in [1.54, 1.807) is 21.1 Å². The standard InChI is InChI=1S/C11H19N3O6.ClH/c1-14(2,3)11(6-18-10(13)17)19-8(15)5-4-7(12)9(16)20-11;/h7H,4-6,12H2,1-3H3,(H-,13,17);1H/t7-,11?;/m1./s1. The highest BCUT2D eigenvalue weighted by Crippen LogP contribution is 2.27. The number of quaternary nitrogens is 1. The van der Waals surface area contributed by atoms with Crippen LogP contribution in [0.3, 0.4) is 0 Å². The minimum absolute atomic E-state index is 0. The van der Waals surface area contributed by atoms with E-state index in [1.165, 1.54) is 0 Å². The molecule has 0 aliphatic carbocycles. The smallest absolute Gasteiger partial charge is 0.443 e. The SMILES string of the molecule is C[N+](C)(C)C1(COC(N)=O)OC(=O)CC[C@@H](N)C(=O)O1.[Cl-]. The number of nitrogens with zero attached hydrogens (tertiary/aromatic N) is 1. The first-order valence-corrected chi connectivity index (χ1v) is 6.01. The Balaban J connectivity index is 0.00000400. The van der Waals surface area contributed by atoms with Crippen molar-refractivity contribution in [3.05, 3.63) is 0 Å². The van der Waals surface area contributed by atoms with Gasteiger partial charge in [0.2, 0.25) is 6.61 Å². The fraction of sp³-hybridized carbons (Fsp3) is 0.727. The topological polar surface area (TPSA) is 131 Å². The molecule has 4 N–H and O–H groups in total. The highest BCUT2D eigenvalue weighted by molar-refractivity contribution is 5.78. The first-order valence-electron chi connectivity index (χ1n) is 6.01. The lowest BCUT2D eigenvalue weighted by Crippen LogP contribution is -3.00. The predicted molar refractivity (Wildman–Crippen MR) is 65.7 cm³/mol. The van der Waals surface area contributed by atoms with Crippen LogP contribution < -0.4 is 23.9 Å².